The van der Waals surface area contributed by atoms with Crippen molar-refractivity contribution in [2.75, 3.05) is 7.11 Å². The van der Waals surface area contributed by atoms with Gasteiger partial charge in [0.25, 0.3) is 0 Å². The minimum atomic E-state index is -4.39. The molecule has 1 aromatic heterocycles. The zero-order valence-electron chi connectivity index (χ0n) is 9.83. The highest BCUT2D eigenvalue weighted by atomic mass is 35.5. The largest absolute Gasteiger partial charge is 0.481 e. The van der Waals surface area contributed by atoms with Gasteiger partial charge in [-0.15, -0.1) is 0 Å². The van der Waals surface area contributed by atoms with Crippen molar-refractivity contribution in [2.45, 2.75) is 6.18 Å². The molecule has 0 atom stereocenters. The zero-order valence-corrected chi connectivity index (χ0v) is 10.6. The van der Waals surface area contributed by atoms with Gasteiger partial charge in [-0.1, -0.05) is 23.7 Å². The van der Waals surface area contributed by atoms with E-state index in [1.807, 2.05) is 0 Å². The first kappa shape index (κ1) is 13.7. The van der Waals surface area contributed by atoms with Gasteiger partial charge >= 0.3 is 6.18 Å². The Kier molecular flexibility index (Phi) is 3.66. The summed E-state index contributed by atoms with van der Waals surface area (Å²) in [6.45, 7) is 0. The van der Waals surface area contributed by atoms with Crippen LogP contribution in [-0.4, -0.2) is 12.1 Å². The van der Waals surface area contributed by atoms with Gasteiger partial charge in [0.2, 0.25) is 5.88 Å². The van der Waals surface area contributed by atoms with Crippen molar-refractivity contribution in [2.24, 2.45) is 0 Å². The van der Waals surface area contributed by atoms with Crippen molar-refractivity contribution in [3.05, 3.63) is 47.1 Å². The van der Waals surface area contributed by atoms with Gasteiger partial charge in [0.15, 0.2) is 0 Å². The molecule has 0 aliphatic rings. The lowest BCUT2D eigenvalue weighted by atomic mass is 10.0. The molecule has 100 valence electrons. The Hall–Kier alpha value is -1.75. The van der Waals surface area contributed by atoms with Gasteiger partial charge in [-0.2, -0.15) is 13.2 Å². The molecular weight excluding hydrogens is 279 g/mol. The molecule has 0 radical (unpaired) electrons. The molecule has 2 aromatic rings. The van der Waals surface area contributed by atoms with Crippen LogP contribution in [-0.2, 0) is 6.18 Å². The SMILES string of the molecule is COc1ccc(-c2cccc(C(F)(F)F)c2)c(Cl)n1. The predicted molar refractivity (Wildman–Crippen MR) is 66.2 cm³/mol. The fourth-order valence-electron chi connectivity index (χ4n) is 1.61. The smallest absolute Gasteiger partial charge is 0.416 e. The Morgan fingerprint density at radius 2 is 1.89 bits per heavy atom. The summed E-state index contributed by atoms with van der Waals surface area (Å²) in [7, 11) is 1.43. The Labute approximate surface area is 112 Å². The van der Waals surface area contributed by atoms with Gasteiger partial charge in [0.1, 0.15) is 5.15 Å². The Morgan fingerprint density at radius 1 is 1.16 bits per heavy atom. The molecule has 0 amide bonds. The van der Waals surface area contributed by atoms with Crippen LogP contribution in [0.1, 0.15) is 5.56 Å². The number of methoxy groups -OCH3 is 1. The lowest BCUT2D eigenvalue weighted by Gasteiger charge is -2.10. The van der Waals surface area contributed by atoms with Crippen molar-refractivity contribution in [3.63, 3.8) is 0 Å². The molecule has 0 saturated carbocycles. The van der Waals surface area contributed by atoms with E-state index in [9.17, 15) is 13.2 Å². The van der Waals surface area contributed by atoms with Crippen LogP contribution in [0.15, 0.2) is 36.4 Å². The second kappa shape index (κ2) is 5.09. The van der Waals surface area contributed by atoms with E-state index in [0.29, 0.717) is 17.0 Å². The molecule has 1 aromatic carbocycles. The molecule has 0 saturated heterocycles. The minimum Gasteiger partial charge on any atom is -0.481 e. The average Bonchev–Trinajstić information content (AvgIpc) is 2.37. The van der Waals surface area contributed by atoms with Crippen LogP contribution in [0.4, 0.5) is 13.2 Å². The molecular formula is C13H9ClF3NO. The monoisotopic (exact) mass is 287 g/mol. The van der Waals surface area contributed by atoms with Crippen LogP contribution in [0.2, 0.25) is 5.15 Å². The van der Waals surface area contributed by atoms with Crippen LogP contribution in [0.5, 0.6) is 5.88 Å². The summed E-state index contributed by atoms with van der Waals surface area (Å²) in [6.07, 6.45) is -4.39. The van der Waals surface area contributed by atoms with Crippen LogP contribution in [0.3, 0.4) is 0 Å². The number of alkyl halides is 3. The molecule has 0 unspecified atom stereocenters. The highest BCUT2D eigenvalue weighted by Gasteiger charge is 2.30. The van der Waals surface area contributed by atoms with E-state index in [2.05, 4.69) is 4.98 Å². The summed E-state index contributed by atoms with van der Waals surface area (Å²) in [4.78, 5) is 3.92. The zero-order chi connectivity index (χ0) is 14.0. The minimum absolute atomic E-state index is 0.0960. The summed E-state index contributed by atoms with van der Waals surface area (Å²) < 4.78 is 42.8. The summed E-state index contributed by atoms with van der Waals surface area (Å²) in [5.74, 6) is 0.306. The fraction of sp³-hybridized carbons (Fsp3) is 0.154. The number of halogens is 4. The highest BCUT2D eigenvalue weighted by molar-refractivity contribution is 6.32. The molecule has 0 bridgehead atoms. The average molecular weight is 288 g/mol. The highest BCUT2D eigenvalue weighted by Crippen LogP contribution is 2.34. The third-order valence-corrected chi connectivity index (χ3v) is 2.82. The van der Waals surface area contributed by atoms with Crippen molar-refractivity contribution in [1.29, 1.82) is 0 Å². The van der Waals surface area contributed by atoms with E-state index in [4.69, 9.17) is 16.3 Å². The predicted octanol–water partition coefficient (Wildman–Crippen LogP) is 4.43. The van der Waals surface area contributed by atoms with Crippen LogP contribution < -0.4 is 4.74 Å². The van der Waals surface area contributed by atoms with Crippen molar-refractivity contribution < 1.29 is 17.9 Å². The standard InChI is InChI=1S/C13H9ClF3NO/c1-19-11-6-5-10(12(14)18-11)8-3-2-4-9(7-8)13(15,16)17/h2-7H,1H3. The number of rotatable bonds is 2. The number of nitrogens with zero attached hydrogens (tertiary/aromatic N) is 1. The molecule has 6 heteroatoms. The molecule has 0 spiro atoms. The first-order chi connectivity index (χ1) is 8.91. The van der Waals surface area contributed by atoms with Gasteiger partial charge in [0.05, 0.1) is 12.7 Å². The maximum absolute atomic E-state index is 12.6. The van der Waals surface area contributed by atoms with Crippen molar-refractivity contribution >= 4 is 11.6 Å². The summed E-state index contributed by atoms with van der Waals surface area (Å²) in [5, 5.41) is 0.0960. The number of hydrogen-bond acceptors (Lipinski definition) is 2. The van der Waals surface area contributed by atoms with Gasteiger partial charge in [-0.3, -0.25) is 0 Å². The number of ether oxygens (including phenoxy) is 1. The van der Waals surface area contributed by atoms with E-state index in [-0.39, 0.29) is 5.15 Å². The van der Waals surface area contributed by atoms with E-state index in [1.165, 1.54) is 13.2 Å². The number of pyridine rings is 1. The molecule has 0 aliphatic heterocycles. The maximum Gasteiger partial charge on any atom is 0.416 e. The quantitative estimate of drug-likeness (QED) is 0.762. The van der Waals surface area contributed by atoms with Gasteiger partial charge < -0.3 is 4.74 Å². The maximum atomic E-state index is 12.6. The second-order valence-corrected chi connectivity index (χ2v) is 4.13. The molecule has 0 aliphatic carbocycles. The lowest BCUT2D eigenvalue weighted by Crippen LogP contribution is -2.04. The second-order valence-electron chi connectivity index (χ2n) is 3.77. The van der Waals surface area contributed by atoms with Gasteiger partial charge in [-0.25, -0.2) is 4.98 Å². The van der Waals surface area contributed by atoms with Gasteiger partial charge in [0, 0.05) is 11.6 Å². The number of benzene rings is 1. The normalized spacial score (nSPS) is 11.4. The van der Waals surface area contributed by atoms with Crippen molar-refractivity contribution in [3.8, 4) is 17.0 Å². The molecule has 0 N–H and O–H groups in total. The Balaban J connectivity index is 2.48. The van der Waals surface area contributed by atoms with E-state index in [1.54, 1.807) is 18.2 Å². The molecule has 1 heterocycles. The van der Waals surface area contributed by atoms with Crippen LogP contribution in [0.25, 0.3) is 11.1 Å². The number of hydrogen-bond donors (Lipinski definition) is 0. The first-order valence-corrected chi connectivity index (χ1v) is 5.68. The van der Waals surface area contributed by atoms with E-state index in [0.717, 1.165) is 12.1 Å². The van der Waals surface area contributed by atoms with Gasteiger partial charge in [-0.05, 0) is 23.8 Å². The van der Waals surface area contributed by atoms with E-state index < -0.39 is 11.7 Å². The summed E-state index contributed by atoms with van der Waals surface area (Å²) in [5.41, 5.74) is 0.0560. The lowest BCUT2D eigenvalue weighted by molar-refractivity contribution is -0.137. The van der Waals surface area contributed by atoms with Crippen LogP contribution >= 0.6 is 11.6 Å². The Bertz CT molecular complexity index is 599. The molecule has 2 nitrogen and oxygen atoms in total. The number of aromatic nitrogens is 1. The van der Waals surface area contributed by atoms with Crippen molar-refractivity contribution in [1.82, 2.24) is 4.98 Å². The summed E-state index contributed by atoms with van der Waals surface area (Å²) >= 11 is 5.94. The Morgan fingerprint density at radius 3 is 2.47 bits per heavy atom. The van der Waals surface area contributed by atoms with Crippen LogP contribution in [0, 0.1) is 0 Å². The molecule has 2 rings (SSSR count). The molecule has 19 heavy (non-hydrogen) atoms. The summed E-state index contributed by atoms with van der Waals surface area (Å²) in [6, 6.07) is 8.04. The topological polar surface area (TPSA) is 22.1 Å². The first-order valence-electron chi connectivity index (χ1n) is 5.30. The fourth-order valence-corrected chi connectivity index (χ4v) is 1.87. The van der Waals surface area contributed by atoms with E-state index >= 15 is 0 Å². The molecule has 0 fully saturated rings. The third-order valence-electron chi connectivity index (χ3n) is 2.53. The third kappa shape index (κ3) is 2.98.